The fraction of sp³-hybridized carbons (Fsp3) is 0. The minimum atomic E-state index is -0.549. The highest BCUT2D eigenvalue weighted by molar-refractivity contribution is 7.13. The Bertz CT molecular complexity index is 861. The van der Waals surface area contributed by atoms with Gasteiger partial charge in [-0.2, -0.15) is 0 Å². The molecule has 0 fully saturated rings. The van der Waals surface area contributed by atoms with Crippen LogP contribution in [0.5, 0.6) is 23.1 Å². The van der Waals surface area contributed by atoms with E-state index in [4.69, 9.17) is 4.74 Å². The molecule has 0 spiro atoms. The first-order chi connectivity index (χ1) is 11.0. The number of aromatic hydroxyl groups is 2. The van der Waals surface area contributed by atoms with Crippen molar-refractivity contribution < 1.29 is 19.9 Å². The molecule has 2 aromatic carbocycles. The molecule has 1 aromatic heterocycles. The standard InChI is InChI=1S/C15H10N2O5S/c18-10-2-4-11(5-3-10)22-13-6-1-9(7-12(13)17(20)21)15-16-14(19)8-23-15/h1-8,18-19H. The van der Waals surface area contributed by atoms with Gasteiger partial charge in [-0.3, -0.25) is 10.1 Å². The monoisotopic (exact) mass is 330 g/mol. The zero-order valence-electron chi connectivity index (χ0n) is 11.5. The molecule has 0 radical (unpaired) electrons. The number of ether oxygens (including phenoxy) is 1. The summed E-state index contributed by atoms with van der Waals surface area (Å²) in [7, 11) is 0. The molecule has 0 aliphatic heterocycles. The molecule has 0 amide bonds. The maximum atomic E-state index is 11.3. The predicted molar refractivity (Wildman–Crippen MR) is 84.1 cm³/mol. The molecule has 3 rings (SSSR count). The molecular weight excluding hydrogens is 320 g/mol. The van der Waals surface area contributed by atoms with E-state index in [1.807, 2.05) is 0 Å². The van der Waals surface area contributed by atoms with Crippen LogP contribution in [0, 0.1) is 10.1 Å². The van der Waals surface area contributed by atoms with Gasteiger partial charge in [0.25, 0.3) is 0 Å². The molecule has 0 aliphatic carbocycles. The summed E-state index contributed by atoms with van der Waals surface area (Å²) < 4.78 is 5.50. The van der Waals surface area contributed by atoms with Crippen LogP contribution < -0.4 is 4.74 Å². The van der Waals surface area contributed by atoms with Crippen LogP contribution in [0.3, 0.4) is 0 Å². The summed E-state index contributed by atoms with van der Waals surface area (Å²) in [6.07, 6.45) is 0. The largest absolute Gasteiger partial charge is 0.508 e. The molecule has 0 bridgehead atoms. The third-order valence-corrected chi connectivity index (χ3v) is 3.84. The van der Waals surface area contributed by atoms with Crippen molar-refractivity contribution in [1.82, 2.24) is 4.98 Å². The number of aromatic nitrogens is 1. The van der Waals surface area contributed by atoms with Crippen molar-refractivity contribution in [2.45, 2.75) is 0 Å². The highest BCUT2D eigenvalue weighted by Gasteiger charge is 2.18. The minimum absolute atomic E-state index is 0.0743. The Kier molecular flexibility index (Phi) is 3.82. The number of nitrogens with zero attached hydrogens (tertiary/aromatic N) is 2. The Morgan fingerprint density at radius 3 is 2.48 bits per heavy atom. The zero-order valence-corrected chi connectivity index (χ0v) is 12.4. The predicted octanol–water partition coefficient (Wildman–Crippen LogP) is 3.92. The van der Waals surface area contributed by atoms with E-state index < -0.39 is 4.92 Å². The van der Waals surface area contributed by atoms with Gasteiger partial charge in [0.05, 0.1) is 10.3 Å². The van der Waals surface area contributed by atoms with Crippen LogP contribution in [0.2, 0.25) is 0 Å². The Labute approximate surface area is 134 Å². The first kappa shape index (κ1) is 14.8. The average Bonchev–Trinajstić information content (AvgIpc) is 2.96. The van der Waals surface area contributed by atoms with Gasteiger partial charge in [0.2, 0.25) is 11.6 Å². The van der Waals surface area contributed by atoms with Crippen molar-refractivity contribution in [3.05, 3.63) is 58.0 Å². The molecule has 0 unspecified atom stereocenters. The summed E-state index contributed by atoms with van der Waals surface area (Å²) in [5.74, 6) is 0.388. The van der Waals surface area contributed by atoms with E-state index in [9.17, 15) is 20.3 Å². The number of phenolic OH excluding ortho intramolecular Hbond substituents is 1. The molecule has 23 heavy (non-hydrogen) atoms. The molecule has 2 N–H and O–H groups in total. The van der Waals surface area contributed by atoms with E-state index in [-0.39, 0.29) is 23.1 Å². The summed E-state index contributed by atoms with van der Waals surface area (Å²) in [5, 5.41) is 31.7. The third-order valence-electron chi connectivity index (χ3n) is 2.96. The molecule has 0 saturated heterocycles. The number of rotatable bonds is 4. The quantitative estimate of drug-likeness (QED) is 0.555. The van der Waals surface area contributed by atoms with E-state index in [1.54, 1.807) is 6.07 Å². The van der Waals surface area contributed by atoms with Crippen LogP contribution in [-0.2, 0) is 0 Å². The van der Waals surface area contributed by atoms with Crippen LogP contribution in [0.15, 0.2) is 47.8 Å². The second kappa shape index (κ2) is 5.93. The maximum Gasteiger partial charge on any atom is 0.312 e. The second-order valence-electron chi connectivity index (χ2n) is 4.55. The fourth-order valence-corrected chi connectivity index (χ4v) is 2.60. The van der Waals surface area contributed by atoms with Crippen molar-refractivity contribution in [3.63, 3.8) is 0 Å². The van der Waals surface area contributed by atoms with Crippen LogP contribution in [0.4, 0.5) is 5.69 Å². The summed E-state index contributed by atoms with van der Waals surface area (Å²) in [6.45, 7) is 0. The Morgan fingerprint density at radius 1 is 1.13 bits per heavy atom. The molecular formula is C15H10N2O5S. The molecule has 7 nitrogen and oxygen atoms in total. The topological polar surface area (TPSA) is 106 Å². The third kappa shape index (κ3) is 3.22. The number of benzene rings is 2. The van der Waals surface area contributed by atoms with Crippen molar-refractivity contribution in [3.8, 4) is 33.7 Å². The number of thiazole rings is 1. The minimum Gasteiger partial charge on any atom is -0.508 e. The van der Waals surface area contributed by atoms with Gasteiger partial charge in [-0.15, -0.1) is 11.3 Å². The van der Waals surface area contributed by atoms with Gasteiger partial charge in [0, 0.05) is 11.6 Å². The Balaban J connectivity index is 1.97. The van der Waals surface area contributed by atoms with Crippen molar-refractivity contribution in [2.24, 2.45) is 0 Å². The Hall–Kier alpha value is -3.13. The number of nitro benzene ring substituents is 1. The smallest absolute Gasteiger partial charge is 0.312 e. The molecule has 3 aromatic rings. The molecule has 0 atom stereocenters. The van der Waals surface area contributed by atoms with Gasteiger partial charge in [-0.25, -0.2) is 4.98 Å². The number of nitro groups is 1. The number of phenols is 1. The lowest BCUT2D eigenvalue weighted by molar-refractivity contribution is -0.385. The molecule has 0 aliphatic rings. The highest BCUT2D eigenvalue weighted by atomic mass is 32.1. The molecule has 1 heterocycles. The van der Waals surface area contributed by atoms with Crippen LogP contribution >= 0.6 is 11.3 Å². The molecule has 116 valence electrons. The Morgan fingerprint density at radius 2 is 1.87 bits per heavy atom. The fourth-order valence-electron chi connectivity index (χ4n) is 1.92. The van der Waals surface area contributed by atoms with Crippen molar-refractivity contribution in [2.75, 3.05) is 0 Å². The number of hydrogen-bond donors (Lipinski definition) is 2. The molecule has 8 heteroatoms. The van der Waals surface area contributed by atoms with E-state index in [0.717, 1.165) is 0 Å². The van der Waals surface area contributed by atoms with E-state index in [2.05, 4.69) is 4.98 Å². The van der Waals surface area contributed by atoms with Crippen molar-refractivity contribution >= 4 is 17.0 Å². The maximum absolute atomic E-state index is 11.3. The van der Waals surface area contributed by atoms with Crippen LogP contribution in [0.25, 0.3) is 10.6 Å². The van der Waals surface area contributed by atoms with Gasteiger partial charge in [-0.05, 0) is 36.4 Å². The first-order valence-electron chi connectivity index (χ1n) is 6.43. The van der Waals surface area contributed by atoms with E-state index in [0.29, 0.717) is 16.3 Å². The molecule has 0 saturated carbocycles. The normalized spacial score (nSPS) is 10.4. The summed E-state index contributed by atoms with van der Waals surface area (Å²) in [5.41, 5.74) is 0.297. The highest BCUT2D eigenvalue weighted by Crippen LogP contribution is 2.36. The summed E-state index contributed by atoms with van der Waals surface area (Å²) in [6, 6.07) is 10.3. The van der Waals surface area contributed by atoms with Gasteiger partial charge >= 0.3 is 5.69 Å². The van der Waals surface area contributed by atoms with Gasteiger partial charge in [-0.1, -0.05) is 0 Å². The van der Waals surface area contributed by atoms with E-state index in [1.165, 1.54) is 53.1 Å². The number of hydrogen-bond acceptors (Lipinski definition) is 7. The zero-order chi connectivity index (χ0) is 16.4. The lowest BCUT2D eigenvalue weighted by Crippen LogP contribution is -1.94. The summed E-state index contributed by atoms with van der Waals surface area (Å²) >= 11 is 1.18. The van der Waals surface area contributed by atoms with Gasteiger partial charge in [0.1, 0.15) is 16.5 Å². The van der Waals surface area contributed by atoms with Crippen molar-refractivity contribution in [1.29, 1.82) is 0 Å². The lowest BCUT2D eigenvalue weighted by Gasteiger charge is -2.07. The van der Waals surface area contributed by atoms with E-state index >= 15 is 0 Å². The first-order valence-corrected chi connectivity index (χ1v) is 7.31. The van der Waals surface area contributed by atoms with Gasteiger partial charge < -0.3 is 14.9 Å². The second-order valence-corrected chi connectivity index (χ2v) is 5.40. The average molecular weight is 330 g/mol. The van der Waals surface area contributed by atoms with Crippen LogP contribution in [0.1, 0.15) is 0 Å². The van der Waals surface area contributed by atoms with Gasteiger partial charge in [0.15, 0.2) is 0 Å². The summed E-state index contributed by atoms with van der Waals surface area (Å²) in [4.78, 5) is 14.6. The SMILES string of the molecule is O=[N+]([O-])c1cc(-c2nc(O)cs2)ccc1Oc1ccc(O)cc1. The lowest BCUT2D eigenvalue weighted by atomic mass is 10.2. The van der Waals surface area contributed by atoms with Crippen LogP contribution in [-0.4, -0.2) is 20.1 Å².